The van der Waals surface area contributed by atoms with E-state index in [0.717, 1.165) is 62.1 Å². The third kappa shape index (κ3) is 7.35. The number of nitrogens with zero attached hydrogens (tertiary/aromatic N) is 1. The predicted molar refractivity (Wildman–Crippen MR) is 154 cm³/mol. The van der Waals surface area contributed by atoms with Crippen molar-refractivity contribution in [3.63, 3.8) is 0 Å². The second-order valence-electron chi connectivity index (χ2n) is 11.6. The van der Waals surface area contributed by atoms with Crippen molar-refractivity contribution in [1.29, 1.82) is 0 Å². The summed E-state index contributed by atoms with van der Waals surface area (Å²) in [6, 6.07) is 8.47. The number of likely N-dealkylation sites (tertiary alicyclic amines) is 1. The minimum absolute atomic E-state index is 0.0411. The number of methoxy groups -OCH3 is 1. The monoisotopic (exact) mass is 528 g/mol. The lowest BCUT2D eigenvalue weighted by Crippen LogP contribution is -2.48. The molecule has 1 aliphatic heterocycles. The molecule has 0 radical (unpaired) electrons. The summed E-state index contributed by atoms with van der Waals surface area (Å²) in [6.45, 7) is 3.08. The number of thiophene rings is 1. The standard InChI is InChI=1S/C31H48N2O3S/c1-32-22-25(20-24-10-4-3-5-11-24)21-30(34)33-17-9-12-26(23-33)31(35,16-6-7-18-36-2)28-13-8-14-29-27(28)15-19-37-29/h8,13-15,19,24-26,32,35H,3-7,9-12,16-18,20-23H2,1-2H3/t25-,26-,31+/m1/s1. The zero-order chi connectivity index (χ0) is 26.1. The van der Waals surface area contributed by atoms with Gasteiger partial charge in [-0.2, -0.15) is 0 Å². The maximum absolute atomic E-state index is 13.6. The molecule has 1 aliphatic carbocycles. The van der Waals surface area contributed by atoms with Crippen molar-refractivity contribution in [2.75, 3.05) is 40.4 Å². The molecular formula is C31H48N2O3S. The summed E-state index contributed by atoms with van der Waals surface area (Å²) in [6.07, 6.45) is 12.9. The van der Waals surface area contributed by atoms with Crippen molar-refractivity contribution in [3.8, 4) is 0 Å². The largest absolute Gasteiger partial charge is 0.385 e. The van der Waals surface area contributed by atoms with Crippen LogP contribution in [0.4, 0.5) is 0 Å². The Morgan fingerprint density at radius 3 is 2.81 bits per heavy atom. The molecule has 4 rings (SSSR count). The fourth-order valence-electron chi connectivity index (χ4n) is 6.96. The van der Waals surface area contributed by atoms with Crippen LogP contribution in [-0.2, 0) is 15.1 Å². The van der Waals surface area contributed by atoms with Crippen molar-refractivity contribution in [2.45, 2.75) is 82.7 Å². The molecule has 6 heteroatoms. The topological polar surface area (TPSA) is 61.8 Å². The average molecular weight is 529 g/mol. The Balaban J connectivity index is 1.48. The smallest absolute Gasteiger partial charge is 0.222 e. The molecule has 0 spiro atoms. The molecule has 0 unspecified atom stereocenters. The molecule has 1 amide bonds. The number of ether oxygens (including phenoxy) is 1. The predicted octanol–water partition coefficient (Wildman–Crippen LogP) is 6.34. The van der Waals surface area contributed by atoms with E-state index in [0.29, 0.717) is 31.9 Å². The average Bonchev–Trinajstić information content (AvgIpc) is 3.41. The van der Waals surface area contributed by atoms with E-state index in [1.807, 2.05) is 7.05 Å². The van der Waals surface area contributed by atoms with Gasteiger partial charge in [0, 0.05) is 43.8 Å². The molecule has 2 aliphatic rings. The quantitative estimate of drug-likeness (QED) is 0.298. The number of carbonyl (C=O) groups is 1. The van der Waals surface area contributed by atoms with Gasteiger partial charge in [0.25, 0.3) is 0 Å². The molecule has 1 saturated carbocycles. The lowest BCUT2D eigenvalue weighted by molar-refractivity contribution is -0.137. The van der Waals surface area contributed by atoms with Crippen molar-refractivity contribution < 1.29 is 14.6 Å². The maximum atomic E-state index is 13.6. The second kappa shape index (κ2) is 14.1. The number of rotatable bonds is 13. The summed E-state index contributed by atoms with van der Waals surface area (Å²) in [5.74, 6) is 1.49. The van der Waals surface area contributed by atoms with Gasteiger partial charge >= 0.3 is 0 Å². The highest BCUT2D eigenvalue weighted by Gasteiger charge is 2.42. The van der Waals surface area contributed by atoms with Crippen LogP contribution in [0, 0.1) is 17.8 Å². The first-order valence-electron chi connectivity index (χ1n) is 14.7. The van der Waals surface area contributed by atoms with E-state index in [4.69, 9.17) is 4.74 Å². The van der Waals surface area contributed by atoms with Crippen LogP contribution in [0.5, 0.6) is 0 Å². The summed E-state index contributed by atoms with van der Waals surface area (Å²) >= 11 is 1.73. The van der Waals surface area contributed by atoms with Crippen LogP contribution < -0.4 is 5.32 Å². The van der Waals surface area contributed by atoms with Gasteiger partial charge in [-0.25, -0.2) is 0 Å². The number of aliphatic hydroxyl groups is 1. The molecule has 5 nitrogen and oxygen atoms in total. The zero-order valence-electron chi connectivity index (χ0n) is 23.1. The first-order valence-corrected chi connectivity index (χ1v) is 15.5. The van der Waals surface area contributed by atoms with Crippen molar-refractivity contribution in [2.24, 2.45) is 17.8 Å². The normalized spacial score (nSPS) is 21.7. The minimum atomic E-state index is -0.945. The summed E-state index contributed by atoms with van der Waals surface area (Å²) in [4.78, 5) is 15.7. The van der Waals surface area contributed by atoms with E-state index in [-0.39, 0.29) is 11.8 Å². The van der Waals surface area contributed by atoms with Gasteiger partial charge in [0.05, 0.1) is 5.60 Å². The number of hydrogen-bond donors (Lipinski definition) is 2. The molecule has 2 N–H and O–H groups in total. The number of hydrogen-bond acceptors (Lipinski definition) is 5. The van der Waals surface area contributed by atoms with Gasteiger partial charge in [-0.3, -0.25) is 4.79 Å². The Hall–Kier alpha value is -1.47. The van der Waals surface area contributed by atoms with E-state index in [2.05, 4.69) is 39.9 Å². The van der Waals surface area contributed by atoms with E-state index >= 15 is 0 Å². The third-order valence-corrected chi connectivity index (χ3v) is 9.80. The van der Waals surface area contributed by atoms with Gasteiger partial charge in [-0.15, -0.1) is 11.3 Å². The van der Waals surface area contributed by atoms with Gasteiger partial charge in [-0.05, 0) is 92.4 Å². The summed E-state index contributed by atoms with van der Waals surface area (Å²) in [5, 5.41) is 19.0. The first kappa shape index (κ1) is 28.5. The molecule has 1 aromatic heterocycles. The van der Waals surface area contributed by atoms with Gasteiger partial charge in [0.2, 0.25) is 5.91 Å². The van der Waals surface area contributed by atoms with Crippen LogP contribution in [0.15, 0.2) is 29.6 Å². The van der Waals surface area contributed by atoms with Crippen molar-refractivity contribution in [1.82, 2.24) is 10.2 Å². The summed E-state index contributed by atoms with van der Waals surface area (Å²) < 4.78 is 6.50. The van der Waals surface area contributed by atoms with E-state index < -0.39 is 5.60 Å². The van der Waals surface area contributed by atoms with Crippen LogP contribution in [0.1, 0.15) is 82.6 Å². The van der Waals surface area contributed by atoms with Crippen molar-refractivity contribution >= 4 is 27.3 Å². The van der Waals surface area contributed by atoms with Gasteiger partial charge in [-0.1, -0.05) is 44.2 Å². The molecule has 206 valence electrons. The van der Waals surface area contributed by atoms with Crippen LogP contribution >= 0.6 is 11.3 Å². The third-order valence-electron chi connectivity index (χ3n) is 8.92. The van der Waals surface area contributed by atoms with E-state index in [9.17, 15) is 9.90 Å². The number of amides is 1. The zero-order valence-corrected chi connectivity index (χ0v) is 23.9. The number of benzene rings is 1. The molecule has 0 bridgehead atoms. The number of nitrogens with one attached hydrogen (secondary N) is 1. The number of piperidine rings is 1. The molecule has 2 heterocycles. The fourth-order valence-corrected chi connectivity index (χ4v) is 7.78. The Labute approximate surface area is 228 Å². The number of carbonyl (C=O) groups excluding carboxylic acids is 1. The lowest BCUT2D eigenvalue weighted by atomic mass is 9.73. The van der Waals surface area contributed by atoms with E-state index in [1.54, 1.807) is 18.4 Å². The molecule has 1 saturated heterocycles. The van der Waals surface area contributed by atoms with E-state index in [1.165, 1.54) is 36.8 Å². The van der Waals surface area contributed by atoms with Gasteiger partial charge < -0.3 is 20.1 Å². The SMILES string of the molecule is CNC[C@@H](CC(=O)N1CCC[C@@H]([C@@](O)(CCCCOC)c2cccc3sccc23)C1)CC1CCCCC1. The Bertz CT molecular complexity index is 972. The van der Waals surface area contributed by atoms with Crippen LogP contribution in [0.2, 0.25) is 0 Å². The summed E-state index contributed by atoms with van der Waals surface area (Å²) in [5.41, 5.74) is 0.0908. The lowest BCUT2D eigenvalue weighted by Gasteiger charge is -2.43. The second-order valence-corrected chi connectivity index (χ2v) is 12.5. The molecule has 1 aromatic carbocycles. The molecule has 37 heavy (non-hydrogen) atoms. The first-order chi connectivity index (χ1) is 18.0. The molecule has 2 fully saturated rings. The number of fused-ring (bicyclic) bond motifs is 1. The summed E-state index contributed by atoms with van der Waals surface area (Å²) in [7, 11) is 3.74. The Kier molecular flexibility index (Phi) is 10.9. The van der Waals surface area contributed by atoms with Crippen LogP contribution in [0.3, 0.4) is 0 Å². The van der Waals surface area contributed by atoms with Gasteiger partial charge in [0.15, 0.2) is 0 Å². The van der Waals surface area contributed by atoms with Crippen LogP contribution in [0.25, 0.3) is 10.1 Å². The highest BCUT2D eigenvalue weighted by atomic mass is 32.1. The fraction of sp³-hybridized carbons (Fsp3) is 0.710. The Morgan fingerprint density at radius 2 is 2.03 bits per heavy atom. The molecule has 2 aromatic rings. The highest BCUT2D eigenvalue weighted by Crippen LogP contribution is 2.43. The van der Waals surface area contributed by atoms with Crippen LogP contribution in [-0.4, -0.2) is 56.3 Å². The van der Waals surface area contributed by atoms with Crippen molar-refractivity contribution in [3.05, 3.63) is 35.2 Å². The molecular weight excluding hydrogens is 480 g/mol. The van der Waals surface area contributed by atoms with Gasteiger partial charge in [0.1, 0.15) is 0 Å². The molecule has 3 atom stereocenters. The number of unbranched alkanes of at least 4 members (excludes halogenated alkanes) is 1. The Morgan fingerprint density at radius 1 is 1.19 bits per heavy atom. The highest BCUT2D eigenvalue weighted by molar-refractivity contribution is 7.17. The maximum Gasteiger partial charge on any atom is 0.222 e. The minimum Gasteiger partial charge on any atom is -0.385 e.